The average Bonchev–Trinajstić information content (AvgIpc) is 2.89. The second-order valence-corrected chi connectivity index (χ2v) is 7.38. The lowest BCUT2D eigenvalue weighted by atomic mass is 10.1. The number of aromatic hydroxyl groups is 2. The maximum absolute atomic E-state index is 12.5. The summed E-state index contributed by atoms with van der Waals surface area (Å²) in [5.41, 5.74) is 2.93. The molecule has 1 aliphatic rings. The van der Waals surface area contributed by atoms with Crippen molar-refractivity contribution in [2.24, 2.45) is 0 Å². The van der Waals surface area contributed by atoms with Crippen LogP contribution in [0.15, 0.2) is 41.3 Å². The van der Waals surface area contributed by atoms with Crippen LogP contribution in [0.1, 0.15) is 16.7 Å². The molecule has 3 rings (SSSR count). The third-order valence-electron chi connectivity index (χ3n) is 4.14. The van der Waals surface area contributed by atoms with E-state index < -0.39 is 23.6 Å². The number of nitrogens with zero attached hydrogens (tertiary/aromatic N) is 1. The Labute approximate surface area is 165 Å². The molecule has 28 heavy (non-hydrogen) atoms. The molecule has 0 aromatic heterocycles. The summed E-state index contributed by atoms with van der Waals surface area (Å²) < 4.78 is 0. The first kappa shape index (κ1) is 19.5. The molecule has 144 valence electrons. The Morgan fingerprint density at radius 2 is 1.86 bits per heavy atom. The Balaban J connectivity index is 1.72. The normalized spacial score (nSPS) is 15.4. The Bertz CT molecular complexity index is 1020. The van der Waals surface area contributed by atoms with Crippen molar-refractivity contribution < 1.29 is 24.6 Å². The largest absolute Gasteiger partial charge is 0.504 e. The van der Waals surface area contributed by atoms with Gasteiger partial charge in [-0.15, -0.1) is 0 Å². The summed E-state index contributed by atoms with van der Waals surface area (Å²) in [6.45, 7) is 3.36. The minimum atomic E-state index is -0.585. The van der Waals surface area contributed by atoms with Gasteiger partial charge in [0.2, 0.25) is 5.91 Å². The third kappa shape index (κ3) is 4.17. The first-order valence-corrected chi connectivity index (χ1v) is 9.20. The van der Waals surface area contributed by atoms with E-state index in [0.29, 0.717) is 23.0 Å². The molecule has 3 N–H and O–H groups in total. The summed E-state index contributed by atoms with van der Waals surface area (Å²) >= 11 is 0.715. The van der Waals surface area contributed by atoms with Crippen molar-refractivity contribution in [2.75, 3.05) is 11.9 Å². The van der Waals surface area contributed by atoms with Gasteiger partial charge in [-0.2, -0.15) is 0 Å². The number of imide groups is 1. The zero-order chi connectivity index (χ0) is 20.4. The number of rotatable bonds is 4. The molecule has 2 aromatic rings. The van der Waals surface area contributed by atoms with Crippen LogP contribution >= 0.6 is 11.8 Å². The van der Waals surface area contributed by atoms with Crippen LogP contribution in [-0.2, 0) is 9.59 Å². The van der Waals surface area contributed by atoms with E-state index >= 15 is 0 Å². The van der Waals surface area contributed by atoms with Crippen molar-refractivity contribution in [2.45, 2.75) is 13.8 Å². The number of carbonyl (C=O) groups excluding carboxylic acids is 3. The molecular weight excluding hydrogens is 380 g/mol. The molecule has 0 unspecified atom stereocenters. The topological polar surface area (TPSA) is 107 Å². The number of carbonyl (C=O) groups is 3. The summed E-state index contributed by atoms with van der Waals surface area (Å²) in [5, 5.41) is 21.1. The zero-order valence-corrected chi connectivity index (χ0v) is 16.0. The minimum absolute atomic E-state index is 0.134. The summed E-state index contributed by atoms with van der Waals surface area (Å²) in [4.78, 5) is 38.0. The van der Waals surface area contributed by atoms with Gasteiger partial charge in [-0.3, -0.25) is 19.3 Å². The Morgan fingerprint density at radius 3 is 2.57 bits per heavy atom. The minimum Gasteiger partial charge on any atom is -0.504 e. The summed E-state index contributed by atoms with van der Waals surface area (Å²) in [7, 11) is 0. The van der Waals surface area contributed by atoms with E-state index in [1.165, 1.54) is 24.3 Å². The van der Waals surface area contributed by atoms with Crippen LogP contribution in [-0.4, -0.2) is 38.7 Å². The summed E-state index contributed by atoms with van der Waals surface area (Å²) in [5.74, 6) is -1.67. The van der Waals surface area contributed by atoms with Gasteiger partial charge in [0, 0.05) is 5.69 Å². The van der Waals surface area contributed by atoms with E-state index in [1.807, 2.05) is 32.0 Å². The molecule has 0 aliphatic carbocycles. The third-order valence-corrected chi connectivity index (χ3v) is 5.05. The van der Waals surface area contributed by atoms with E-state index in [9.17, 15) is 24.6 Å². The Morgan fingerprint density at radius 1 is 1.11 bits per heavy atom. The average molecular weight is 398 g/mol. The van der Waals surface area contributed by atoms with Gasteiger partial charge >= 0.3 is 0 Å². The highest BCUT2D eigenvalue weighted by molar-refractivity contribution is 8.18. The molecule has 0 spiro atoms. The second-order valence-electron chi connectivity index (χ2n) is 6.38. The second kappa shape index (κ2) is 7.77. The Kier molecular flexibility index (Phi) is 5.41. The van der Waals surface area contributed by atoms with Gasteiger partial charge in [0.1, 0.15) is 6.54 Å². The van der Waals surface area contributed by atoms with Crippen molar-refractivity contribution in [3.63, 3.8) is 0 Å². The van der Waals surface area contributed by atoms with Gasteiger partial charge in [0.05, 0.1) is 4.91 Å². The molecule has 1 saturated heterocycles. The SMILES string of the molecule is Cc1ccc(C)c(NC(=O)CN2C(=O)S/C(=C/c3ccc(O)c(O)c3)C2=O)c1. The van der Waals surface area contributed by atoms with Gasteiger partial charge in [0.25, 0.3) is 11.1 Å². The highest BCUT2D eigenvalue weighted by Crippen LogP contribution is 2.33. The van der Waals surface area contributed by atoms with Crippen molar-refractivity contribution in [3.05, 3.63) is 58.0 Å². The number of anilines is 1. The molecule has 2 aromatic carbocycles. The van der Waals surface area contributed by atoms with E-state index in [-0.39, 0.29) is 16.4 Å². The molecule has 0 atom stereocenters. The number of phenolic OH excluding ortho intramolecular Hbond substituents is 2. The van der Waals surface area contributed by atoms with Crippen LogP contribution in [0.3, 0.4) is 0 Å². The van der Waals surface area contributed by atoms with Crippen LogP contribution in [0, 0.1) is 13.8 Å². The molecule has 0 bridgehead atoms. The van der Waals surface area contributed by atoms with Crippen LogP contribution in [0.5, 0.6) is 11.5 Å². The van der Waals surface area contributed by atoms with Gasteiger partial charge in [-0.05, 0) is 66.6 Å². The van der Waals surface area contributed by atoms with E-state index in [1.54, 1.807) is 0 Å². The molecule has 1 aliphatic heterocycles. The van der Waals surface area contributed by atoms with Crippen molar-refractivity contribution >= 4 is 40.6 Å². The van der Waals surface area contributed by atoms with Gasteiger partial charge < -0.3 is 15.5 Å². The lowest BCUT2D eigenvalue weighted by Gasteiger charge is -2.14. The first-order valence-electron chi connectivity index (χ1n) is 8.39. The standard InChI is InChI=1S/C20H18N2O5S/c1-11-3-4-12(2)14(7-11)21-18(25)10-22-19(26)17(28-20(22)27)9-13-5-6-15(23)16(24)8-13/h3-9,23-24H,10H2,1-2H3,(H,21,25)/b17-9+. The van der Waals surface area contributed by atoms with Crippen molar-refractivity contribution in [3.8, 4) is 11.5 Å². The van der Waals surface area contributed by atoms with Crippen LogP contribution in [0.4, 0.5) is 10.5 Å². The molecule has 0 radical (unpaired) electrons. The van der Waals surface area contributed by atoms with Gasteiger partial charge in [-0.25, -0.2) is 0 Å². The highest BCUT2D eigenvalue weighted by atomic mass is 32.2. The van der Waals surface area contributed by atoms with Crippen LogP contribution in [0.25, 0.3) is 6.08 Å². The van der Waals surface area contributed by atoms with Crippen molar-refractivity contribution in [1.29, 1.82) is 0 Å². The maximum Gasteiger partial charge on any atom is 0.294 e. The quantitative estimate of drug-likeness (QED) is 0.538. The number of nitrogens with one attached hydrogen (secondary N) is 1. The van der Waals surface area contributed by atoms with Gasteiger partial charge in [0.15, 0.2) is 11.5 Å². The smallest absolute Gasteiger partial charge is 0.294 e. The number of benzene rings is 2. The number of phenols is 2. The number of amides is 3. The predicted octanol–water partition coefficient (Wildman–Crippen LogP) is 3.39. The summed E-state index contributed by atoms with van der Waals surface area (Å²) in [6.07, 6.45) is 1.42. The number of hydrogen-bond donors (Lipinski definition) is 3. The predicted molar refractivity (Wildman–Crippen MR) is 107 cm³/mol. The van der Waals surface area contributed by atoms with Gasteiger partial charge in [-0.1, -0.05) is 18.2 Å². The van der Waals surface area contributed by atoms with E-state index in [4.69, 9.17) is 0 Å². The maximum atomic E-state index is 12.5. The molecule has 3 amide bonds. The molecule has 1 fully saturated rings. The number of aryl methyl sites for hydroxylation is 2. The van der Waals surface area contributed by atoms with E-state index in [2.05, 4.69) is 5.32 Å². The highest BCUT2D eigenvalue weighted by Gasteiger charge is 2.36. The van der Waals surface area contributed by atoms with Crippen molar-refractivity contribution in [1.82, 2.24) is 4.90 Å². The lowest BCUT2D eigenvalue weighted by molar-refractivity contribution is -0.127. The number of thioether (sulfide) groups is 1. The van der Waals surface area contributed by atoms with E-state index in [0.717, 1.165) is 16.0 Å². The molecular formula is C20H18N2O5S. The molecule has 1 heterocycles. The lowest BCUT2D eigenvalue weighted by Crippen LogP contribution is -2.36. The molecule has 8 heteroatoms. The Hall–Kier alpha value is -3.26. The molecule has 7 nitrogen and oxygen atoms in total. The fraction of sp³-hybridized carbons (Fsp3) is 0.150. The zero-order valence-electron chi connectivity index (χ0n) is 15.2. The molecule has 0 saturated carbocycles. The summed E-state index contributed by atoms with van der Waals surface area (Å²) in [6, 6.07) is 9.67. The van der Waals surface area contributed by atoms with Crippen LogP contribution < -0.4 is 5.32 Å². The monoisotopic (exact) mass is 398 g/mol. The fourth-order valence-corrected chi connectivity index (χ4v) is 3.46. The first-order chi connectivity index (χ1) is 13.2. The fourth-order valence-electron chi connectivity index (χ4n) is 2.62. The van der Waals surface area contributed by atoms with Crippen LogP contribution in [0.2, 0.25) is 0 Å². The number of hydrogen-bond acceptors (Lipinski definition) is 6.